The highest BCUT2D eigenvalue weighted by Gasteiger charge is 2.32. The number of carbonyl (C=O) groups excluding carboxylic acids is 1. The predicted octanol–water partition coefficient (Wildman–Crippen LogP) is 3.85. The summed E-state index contributed by atoms with van der Waals surface area (Å²) in [6.45, 7) is 3.82. The summed E-state index contributed by atoms with van der Waals surface area (Å²) in [4.78, 5) is 15.8. The Kier molecular flexibility index (Phi) is 7.47. The van der Waals surface area contributed by atoms with Crippen LogP contribution in [0.4, 0.5) is 0 Å². The Morgan fingerprint density at radius 2 is 1.65 bits per heavy atom. The largest absolute Gasteiger partial charge is 0.493 e. The molecule has 0 atom stereocenters. The van der Waals surface area contributed by atoms with E-state index >= 15 is 0 Å². The van der Waals surface area contributed by atoms with Crippen LogP contribution in [0.25, 0.3) is 6.08 Å². The SMILES string of the molecule is COc1ccc(/C=C2/COc3cc(OC)c(OC)c(OC)c3C2=O)cc1OCCN1CCCC1. The first-order chi connectivity index (χ1) is 16.6. The van der Waals surface area contributed by atoms with E-state index in [4.69, 9.17) is 28.4 Å². The second kappa shape index (κ2) is 10.7. The molecule has 0 amide bonds. The van der Waals surface area contributed by atoms with E-state index in [0.29, 0.717) is 46.5 Å². The molecule has 8 heteroatoms. The normalized spacial score (nSPS) is 16.7. The van der Waals surface area contributed by atoms with Crippen LogP contribution in [0.3, 0.4) is 0 Å². The van der Waals surface area contributed by atoms with E-state index in [1.54, 1.807) is 19.3 Å². The number of hydrogen-bond acceptors (Lipinski definition) is 8. The van der Waals surface area contributed by atoms with Crippen LogP contribution in [-0.4, -0.2) is 72.0 Å². The fourth-order valence-corrected chi connectivity index (χ4v) is 4.34. The molecule has 0 unspecified atom stereocenters. The molecule has 182 valence electrons. The van der Waals surface area contributed by atoms with Gasteiger partial charge in [0.25, 0.3) is 0 Å². The minimum absolute atomic E-state index is 0.127. The number of carbonyl (C=O) groups is 1. The Morgan fingerprint density at radius 1 is 0.912 bits per heavy atom. The Hall–Kier alpha value is -3.39. The molecular weight excluding hydrogens is 438 g/mol. The Labute approximate surface area is 199 Å². The second-order valence-corrected chi connectivity index (χ2v) is 8.11. The van der Waals surface area contributed by atoms with Crippen molar-refractivity contribution in [3.8, 4) is 34.5 Å². The lowest BCUT2D eigenvalue weighted by molar-refractivity contribution is 0.0996. The van der Waals surface area contributed by atoms with Crippen LogP contribution >= 0.6 is 0 Å². The zero-order valence-corrected chi connectivity index (χ0v) is 20.1. The zero-order valence-electron chi connectivity index (χ0n) is 20.1. The number of fused-ring (bicyclic) bond motifs is 1. The number of methoxy groups -OCH3 is 4. The van der Waals surface area contributed by atoms with Crippen molar-refractivity contribution in [1.82, 2.24) is 4.90 Å². The van der Waals surface area contributed by atoms with Crippen LogP contribution in [0.5, 0.6) is 34.5 Å². The first-order valence-corrected chi connectivity index (χ1v) is 11.3. The quantitative estimate of drug-likeness (QED) is 0.513. The maximum atomic E-state index is 13.4. The van der Waals surface area contributed by atoms with Gasteiger partial charge < -0.3 is 28.4 Å². The van der Waals surface area contributed by atoms with Gasteiger partial charge in [0, 0.05) is 18.2 Å². The fourth-order valence-electron chi connectivity index (χ4n) is 4.34. The van der Waals surface area contributed by atoms with Gasteiger partial charge in [-0.1, -0.05) is 6.07 Å². The number of ether oxygens (including phenoxy) is 6. The average molecular weight is 470 g/mol. The Bertz CT molecular complexity index is 1070. The molecule has 2 aliphatic heterocycles. The lowest BCUT2D eigenvalue weighted by atomic mass is 9.96. The van der Waals surface area contributed by atoms with Crippen molar-refractivity contribution < 1.29 is 33.2 Å². The van der Waals surface area contributed by atoms with Crippen molar-refractivity contribution in [1.29, 1.82) is 0 Å². The molecule has 0 saturated carbocycles. The van der Waals surface area contributed by atoms with E-state index < -0.39 is 0 Å². The highest BCUT2D eigenvalue weighted by Crippen LogP contribution is 2.47. The van der Waals surface area contributed by atoms with Gasteiger partial charge >= 0.3 is 0 Å². The Morgan fingerprint density at radius 3 is 2.32 bits per heavy atom. The first kappa shape index (κ1) is 23.8. The summed E-state index contributed by atoms with van der Waals surface area (Å²) in [5, 5.41) is 0. The van der Waals surface area contributed by atoms with E-state index in [1.165, 1.54) is 34.2 Å². The van der Waals surface area contributed by atoms with E-state index in [1.807, 2.05) is 18.2 Å². The summed E-state index contributed by atoms with van der Waals surface area (Å²) >= 11 is 0. The van der Waals surface area contributed by atoms with Crippen molar-refractivity contribution in [3.05, 3.63) is 41.0 Å². The molecule has 2 aliphatic rings. The number of ketones is 1. The van der Waals surface area contributed by atoms with Gasteiger partial charge in [-0.2, -0.15) is 0 Å². The maximum Gasteiger partial charge on any atom is 0.204 e. The minimum atomic E-state index is -0.189. The molecule has 1 fully saturated rings. The maximum absolute atomic E-state index is 13.4. The number of likely N-dealkylation sites (tertiary alicyclic amines) is 1. The molecule has 2 aromatic carbocycles. The van der Waals surface area contributed by atoms with Crippen LogP contribution in [-0.2, 0) is 0 Å². The number of benzene rings is 2. The van der Waals surface area contributed by atoms with Gasteiger partial charge in [0.2, 0.25) is 5.75 Å². The highest BCUT2D eigenvalue weighted by molar-refractivity contribution is 6.16. The lowest BCUT2D eigenvalue weighted by Crippen LogP contribution is -2.25. The molecule has 34 heavy (non-hydrogen) atoms. The molecule has 2 aromatic rings. The van der Waals surface area contributed by atoms with Crippen molar-refractivity contribution >= 4 is 11.9 Å². The highest BCUT2D eigenvalue weighted by atomic mass is 16.5. The molecule has 0 spiro atoms. The smallest absolute Gasteiger partial charge is 0.204 e. The van der Waals surface area contributed by atoms with Crippen LogP contribution in [0.15, 0.2) is 29.8 Å². The molecule has 8 nitrogen and oxygen atoms in total. The summed E-state index contributed by atoms with van der Waals surface area (Å²) in [5.74, 6) is 2.57. The summed E-state index contributed by atoms with van der Waals surface area (Å²) in [6.07, 6.45) is 4.29. The number of hydrogen-bond donors (Lipinski definition) is 0. The molecule has 0 aromatic heterocycles. The standard InChI is InChI=1S/C26H31NO7/c1-29-19-8-7-17(14-20(19)33-12-11-27-9-5-6-10-27)13-18-16-34-21-15-22(30-2)25(31-3)26(32-4)23(21)24(18)28/h7-8,13-15H,5-6,9-12,16H2,1-4H3/b18-13-. The molecule has 0 N–H and O–H groups in total. The van der Waals surface area contributed by atoms with E-state index in [-0.39, 0.29) is 18.1 Å². The molecule has 2 heterocycles. The zero-order chi connectivity index (χ0) is 24.1. The number of rotatable bonds is 9. The van der Waals surface area contributed by atoms with Gasteiger partial charge in [0.15, 0.2) is 28.8 Å². The van der Waals surface area contributed by atoms with Gasteiger partial charge in [-0.15, -0.1) is 0 Å². The average Bonchev–Trinajstić information content (AvgIpc) is 3.38. The summed E-state index contributed by atoms with van der Waals surface area (Å²) < 4.78 is 33.7. The molecular formula is C26H31NO7. The molecule has 0 radical (unpaired) electrons. The van der Waals surface area contributed by atoms with Gasteiger partial charge in [-0.3, -0.25) is 9.69 Å². The topological polar surface area (TPSA) is 75.7 Å². The molecule has 1 saturated heterocycles. The molecule has 0 bridgehead atoms. The summed E-state index contributed by atoms with van der Waals surface area (Å²) in [5.41, 5.74) is 1.62. The van der Waals surface area contributed by atoms with E-state index in [0.717, 1.165) is 25.2 Å². The third kappa shape index (κ3) is 4.77. The van der Waals surface area contributed by atoms with Crippen molar-refractivity contribution in [3.63, 3.8) is 0 Å². The van der Waals surface area contributed by atoms with Crippen molar-refractivity contribution in [2.45, 2.75) is 12.8 Å². The third-order valence-corrected chi connectivity index (χ3v) is 6.09. The van der Waals surface area contributed by atoms with Crippen molar-refractivity contribution in [2.75, 3.05) is 61.3 Å². The van der Waals surface area contributed by atoms with Gasteiger partial charge in [0.05, 0.1) is 28.4 Å². The van der Waals surface area contributed by atoms with Gasteiger partial charge in [-0.05, 0) is 49.7 Å². The Balaban J connectivity index is 1.59. The van der Waals surface area contributed by atoms with Crippen LogP contribution in [0.1, 0.15) is 28.8 Å². The third-order valence-electron chi connectivity index (χ3n) is 6.09. The van der Waals surface area contributed by atoms with E-state index in [2.05, 4.69) is 4.90 Å². The monoisotopic (exact) mass is 469 g/mol. The molecule has 0 aliphatic carbocycles. The fraction of sp³-hybridized carbons (Fsp3) is 0.423. The minimum Gasteiger partial charge on any atom is -0.493 e. The van der Waals surface area contributed by atoms with Crippen molar-refractivity contribution in [2.24, 2.45) is 0 Å². The van der Waals surface area contributed by atoms with Gasteiger partial charge in [0.1, 0.15) is 24.5 Å². The lowest BCUT2D eigenvalue weighted by Gasteiger charge is -2.23. The van der Waals surface area contributed by atoms with Gasteiger partial charge in [-0.25, -0.2) is 0 Å². The van der Waals surface area contributed by atoms with Crippen LogP contribution in [0.2, 0.25) is 0 Å². The first-order valence-electron chi connectivity index (χ1n) is 11.3. The predicted molar refractivity (Wildman–Crippen MR) is 128 cm³/mol. The van der Waals surface area contributed by atoms with Crippen LogP contribution in [0, 0.1) is 0 Å². The summed E-state index contributed by atoms with van der Waals surface area (Å²) in [7, 11) is 6.12. The number of Topliss-reactive ketones (excluding diaryl/α,β-unsaturated/α-hetero) is 1. The second-order valence-electron chi connectivity index (χ2n) is 8.11. The number of nitrogens with zero attached hydrogens (tertiary/aromatic N) is 1. The summed E-state index contributed by atoms with van der Waals surface area (Å²) in [6, 6.07) is 7.25. The van der Waals surface area contributed by atoms with Crippen LogP contribution < -0.4 is 28.4 Å². The molecule has 4 rings (SSSR count). The van der Waals surface area contributed by atoms with E-state index in [9.17, 15) is 4.79 Å².